The number of nitrogens with zero attached hydrogens (tertiary/aromatic N) is 4. The minimum absolute atomic E-state index is 0.111. The van der Waals surface area contributed by atoms with Crippen LogP contribution in [0.4, 0.5) is 0 Å². The maximum absolute atomic E-state index is 4.86. The predicted octanol–water partition coefficient (Wildman–Crippen LogP) is 0.984. The Morgan fingerprint density at radius 1 is 1.40 bits per heavy atom. The van der Waals surface area contributed by atoms with E-state index < -0.39 is 0 Å². The second kappa shape index (κ2) is 2.16. The first-order valence-corrected chi connectivity index (χ1v) is 3.38. The van der Waals surface area contributed by atoms with Gasteiger partial charge >= 0.3 is 0 Å². The smallest absolute Gasteiger partial charge is 0.211 e. The van der Waals surface area contributed by atoms with Gasteiger partial charge in [0, 0.05) is 0 Å². The van der Waals surface area contributed by atoms with Gasteiger partial charge in [-0.3, -0.25) is 0 Å². The highest BCUT2D eigenvalue weighted by Gasteiger charge is 2.17. The Labute approximate surface area is 65.0 Å². The molecule has 5 heteroatoms. The van der Waals surface area contributed by atoms with Gasteiger partial charge in [-0.2, -0.15) is 0 Å². The molecule has 0 aliphatic rings. The standard InChI is InChI=1S/C5H9N4S/c1-5(2,3)9-4(10)6-7-8-9/h1-3H3. The van der Waals surface area contributed by atoms with Crippen LogP contribution in [0.5, 0.6) is 0 Å². The first-order chi connectivity index (χ1) is 4.52. The third-order valence-corrected chi connectivity index (χ3v) is 1.33. The molecule has 0 unspecified atom stereocenters. The molecule has 1 aromatic rings. The molecule has 1 rings (SSSR count). The zero-order chi connectivity index (χ0) is 7.78. The van der Waals surface area contributed by atoms with Crippen molar-refractivity contribution < 1.29 is 0 Å². The molecular formula is C5H9N4S. The third kappa shape index (κ3) is 1.23. The van der Waals surface area contributed by atoms with E-state index in [1.807, 2.05) is 20.8 Å². The van der Waals surface area contributed by atoms with E-state index in [9.17, 15) is 0 Å². The van der Waals surface area contributed by atoms with Crippen LogP contribution in [0.15, 0.2) is 5.16 Å². The minimum atomic E-state index is -0.111. The summed E-state index contributed by atoms with van der Waals surface area (Å²) in [7, 11) is 0. The van der Waals surface area contributed by atoms with Crippen molar-refractivity contribution in [3.63, 3.8) is 0 Å². The van der Waals surface area contributed by atoms with E-state index in [0.29, 0.717) is 5.16 Å². The summed E-state index contributed by atoms with van der Waals surface area (Å²) in [4.78, 5) is 0. The zero-order valence-corrected chi connectivity index (χ0v) is 7.01. The molecular weight excluding hydrogens is 148 g/mol. The molecule has 0 atom stereocenters. The van der Waals surface area contributed by atoms with Crippen LogP contribution < -0.4 is 0 Å². The van der Waals surface area contributed by atoms with Crippen LogP contribution >= 0.6 is 12.6 Å². The van der Waals surface area contributed by atoms with Gasteiger partial charge in [0.1, 0.15) is 0 Å². The summed E-state index contributed by atoms with van der Waals surface area (Å²) in [5.74, 6) is 0. The summed E-state index contributed by atoms with van der Waals surface area (Å²) in [5, 5.41) is 11.2. The first kappa shape index (κ1) is 7.40. The lowest BCUT2D eigenvalue weighted by Gasteiger charge is -2.17. The van der Waals surface area contributed by atoms with Crippen LogP contribution in [0.25, 0.3) is 0 Å². The van der Waals surface area contributed by atoms with Crippen LogP contribution in [-0.2, 0) is 5.54 Å². The van der Waals surface area contributed by atoms with Crippen LogP contribution in [0, 0.1) is 0 Å². The van der Waals surface area contributed by atoms with Crippen molar-refractivity contribution in [2.45, 2.75) is 31.5 Å². The van der Waals surface area contributed by atoms with Crippen LogP contribution in [0.1, 0.15) is 20.8 Å². The van der Waals surface area contributed by atoms with Crippen molar-refractivity contribution in [2.75, 3.05) is 0 Å². The van der Waals surface area contributed by atoms with Gasteiger partial charge in [0.05, 0.1) is 5.54 Å². The van der Waals surface area contributed by atoms with Gasteiger partial charge in [-0.25, -0.2) is 4.68 Å². The van der Waals surface area contributed by atoms with Crippen LogP contribution in [0.3, 0.4) is 0 Å². The van der Waals surface area contributed by atoms with Crippen molar-refractivity contribution >= 4 is 12.6 Å². The molecule has 0 saturated carbocycles. The van der Waals surface area contributed by atoms with Crippen molar-refractivity contribution in [3.05, 3.63) is 0 Å². The minimum Gasteiger partial charge on any atom is -0.211 e. The molecule has 1 heterocycles. The molecule has 0 spiro atoms. The number of rotatable bonds is 0. The summed E-state index contributed by atoms with van der Waals surface area (Å²) in [6.07, 6.45) is 0. The summed E-state index contributed by atoms with van der Waals surface area (Å²) in [6, 6.07) is 0. The van der Waals surface area contributed by atoms with Crippen LogP contribution in [-0.4, -0.2) is 20.2 Å². The lowest BCUT2D eigenvalue weighted by atomic mass is 10.1. The molecule has 0 aromatic carbocycles. The molecule has 0 aliphatic heterocycles. The normalized spacial score (nSPS) is 11.9. The van der Waals surface area contributed by atoms with E-state index in [-0.39, 0.29) is 5.54 Å². The Kier molecular flexibility index (Phi) is 1.60. The van der Waals surface area contributed by atoms with Gasteiger partial charge < -0.3 is 0 Å². The van der Waals surface area contributed by atoms with E-state index in [2.05, 4.69) is 15.5 Å². The van der Waals surface area contributed by atoms with E-state index in [4.69, 9.17) is 12.6 Å². The van der Waals surface area contributed by atoms with Crippen molar-refractivity contribution in [1.82, 2.24) is 20.2 Å². The molecule has 10 heavy (non-hydrogen) atoms. The second-order valence-electron chi connectivity index (χ2n) is 3.04. The second-order valence-corrected chi connectivity index (χ2v) is 3.41. The van der Waals surface area contributed by atoms with E-state index in [1.165, 1.54) is 0 Å². The van der Waals surface area contributed by atoms with Gasteiger partial charge in [-0.05, 0) is 43.8 Å². The van der Waals surface area contributed by atoms with E-state index in [0.717, 1.165) is 0 Å². The average Bonchev–Trinajstić information content (AvgIpc) is 2.11. The molecule has 0 saturated heterocycles. The Hall–Kier alpha value is -0.710. The SMILES string of the molecule is CC(C)(C)n1nnnc1[S]. The van der Waals surface area contributed by atoms with Crippen molar-refractivity contribution in [2.24, 2.45) is 0 Å². The molecule has 0 fully saturated rings. The highest BCUT2D eigenvalue weighted by Crippen LogP contribution is 2.14. The number of hydrogen-bond acceptors (Lipinski definition) is 3. The molecule has 0 amide bonds. The van der Waals surface area contributed by atoms with E-state index >= 15 is 0 Å². The molecule has 55 valence electrons. The highest BCUT2D eigenvalue weighted by molar-refractivity contribution is 7.80. The predicted molar refractivity (Wildman–Crippen MR) is 38.7 cm³/mol. The maximum Gasteiger partial charge on any atom is 0.240 e. The fraction of sp³-hybridized carbons (Fsp3) is 0.800. The van der Waals surface area contributed by atoms with Gasteiger partial charge in [0.2, 0.25) is 5.16 Å². The molecule has 0 bridgehead atoms. The average molecular weight is 157 g/mol. The molecule has 0 aliphatic carbocycles. The van der Waals surface area contributed by atoms with Gasteiger partial charge in [0.15, 0.2) is 0 Å². The maximum atomic E-state index is 4.86. The lowest BCUT2D eigenvalue weighted by Crippen LogP contribution is -2.23. The highest BCUT2D eigenvalue weighted by atomic mass is 32.1. The Morgan fingerprint density at radius 2 is 2.00 bits per heavy atom. The topological polar surface area (TPSA) is 43.6 Å². The fourth-order valence-electron chi connectivity index (χ4n) is 0.600. The molecule has 0 N–H and O–H groups in total. The number of tetrazole rings is 1. The monoisotopic (exact) mass is 157 g/mol. The molecule has 1 radical (unpaired) electrons. The zero-order valence-electron chi connectivity index (χ0n) is 6.20. The van der Waals surface area contributed by atoms with Crippen LogP contribution in [0.2, 0.25) is 0 Å². The summed E-state index contributed by atoms with van der Waals surface area (Å²) >= 11 is 4.86. The summed E-state index contributed by atoms with van der Waals surface area (Å²) < 4.78 is 1.61. The third-order valence-electron chi connectivity index (χ3n) is 1.08. The Morgan fingerprint density at radius 3 is 2.20 bits per heavy atom. The lowest BCUT2D eigenvalue weighted by molar-refractivity contribution is 0.321. The molecule has 1 aromatic heterocycles. The Bertz CT molecular complexity index is 224. The molecule has 4 nitrogen and oxygen atoms in total. The van der Waals surface area contributed by atoms with Gasteiger partial charge in [0.25, 0.3) is 0 Å². The summed E-state index contributed by atoms with van der Waals surface area (Å²) in [6.45, 7) is 6.00. The van der Waals surface area contributed by atoms with Gasteiger partial charge in [-0.1, -0.05) is 5.10 Å². The number of aromatic nitrogens is 4. The van der Waals surface area contributed by atoms with E-state index in [1.54, 1.807) is 4.68 Å². The van der Waals surface area contributed by atoms with Gasteiger partial charge in [-0.15, -0.1) is 0 Å². The largest absolute Gasteiger partial charge is 0.240 e. The first-order valence-electron chi connectivity index (χ1n) is 2.97. The summed E-state index contributed by atoms with van der Waals surface area (Å²) in [5.41, 5.74) is -0.111. The quantitative estimate of drug-likeness (QED) is 0.564. The number of hydrogen-bond donors (Lipinski definition) is 0. The van der Waals surface area contributed by atoms with Crippen molar-refractivity contribution in [1.29, 1.82) is 0 Å². The van der Waals surface area contributed by atoms with Crippen molar-refractivity contribution in [3.8, 4) is 0 Å². The Balaban J connectivity index is 3.05. The fourth-order valence-corrected chi connectivity index (χ4v) is 0.947.